The van der Waals surface area contributed by atoms with Gasteiger partial charge in [0.2, 0.25) is 0 Å². The minimum atomic E-state index is -4.65. The van der Waals surface area contributed by atoms with Crippen LogP contribution in [0.2, 0.25) is 0 Å². The summed E-state index contributed by atoms with van der Waals surface area (Å²) in [5.74, 6) is -0.0257. The van der Waals surface area contributed by atoms with Crippen LogP contribution in [0.1, 0.15) is 12.1 Å². The smallest absolute Gasteiger partial charge is 0.433 e. The van der Waals surface area contributed by atoms with Crippen LogP contribution in [0, 0.1) is 11.3 Å². The van der Waals surface area contributed by atoms with Crippen LogP contribution < -0.4 is 10.9 Å². The first kappa shape index (κ1) is 20.2. The molecule has 160 valence electrons. The number of carboxylic acid groups (broad SMARTS) is 1. The number of halogens is 3. The van der Waals surface area contributed by atoms with Crippen LogP contribution in [0.25, 0.3) is 10.9 Å². The Labute approximate surface area is 171 Å². The van der Waals surface area contributed by atoms with Crippen LogP contribution in [0.15, 0.2) is 35.4 Å². The molecule has 1 aliphatic heterocycles. The number of anilines is 2. The number of nitrogens with zero attached hydrogens (tertiary/aromatic N) is 5. The van der Waals surface area contributed by atoms with Gasteiger partial charge in [-0.05, 0) is 18.2 Å². The largest absolute Gasteiger partial charge is 0.465 e. The van der Waals surface area contributed by atoms with Gasteiger partial charge in [-0.2, -0.15) is 23.5 Å². The maximum absolute atomic E-state index is 13.0. The number of likely N-dealkylation sites (tertiary alicyclic amines) is 1. The van der Waals surface area contributed by atoms with Crippen molar-refractivity contribution in [2.45, 2.75) is 18.1 Å². The van der Waals surface area contributed by atoms with Gasteiger partial charge in [-0.3, -0.25) is 14.5 Å². The first-order valence-electron chi connectivity index (χ1n) is 8.91. The zero-order valence-corrected chi connectivity index (χ0v) is 15.6. The zero-order chi connectivity index (χ0) is 22.4. The maximum atomic E-state index is 13.0. The monoisotopic (exact) mass is 433 g/mol. The van der Waals surface area contributed by atoms with Gasteiger partial charge in [0.1, 0.15) is 16.6 Å². The summed E-state index contributed by atoms with van der Waals surface area (Å²) in [5, 5.41) is 25.6. The molecule has 0 radical (unpaired) electrons. The molecule has 3 N–H and O–H groups in total. The number of alkyl halides is 3. The van der Waals surface area contributed by atoms with E-state index in [1.807, 2.05) is 6.07 Å². The van der Waals surface area contributed by atoms with E-state index in [-0.39, 0.29) is 36.4 Å². The van der Waals surface area contributed by atoms with Crippen molar-refractivity contribution in [1.29, 1.82) is 5.26 Å². The summed E-state index contributed by atoms with van der Waals surface area (Å²) >= 11 is 0. The molecule has 31 heavy (non-hydrogen) atoms. The van der Waals surface area contributed by atoms with Gasteiger partial charge in [0.25, 0.3) is 5.56 Å². The normalized spacial score (nSPS) is 15.4. The van der Waals surface area contributed by atoms with Gasteiger partial charge >= 0.3 is 12.3 Å². The molecule has 10 nitrogen and oxygen atoms in total. The van der Waals surface area contributed by atoms with E-state index >= 15 is 0 Å². The van der Waals surface area contributed by atoms with Crippen LogP contribution in [0.5, 0.6) is 0 Å². The molecule has 1 aliphatic rings. The number of rotatable bonds is 4. The molecule has 1 saturated heterocycles. The minimum absolute atomic E-state index is 0.00670. The van der Waals surface area contributed by atoms with Crippen LogP contribution in [-0.2, 0) is 11.7 Å². The number of amides is 1. The van der Waals surface area contributed by atoms with Gasteiger partial charge in [-0.25, -0.2) is 4.79 Å². The third kappa shape index (κ3) is 3.41. The number of nitriles is 1. The number of H-pyrrole nitrogens is 1. The first-order valence-corrected chi connectivity index (χ1v) is 8.91. The zero-order valence-electron chi connectivity index (χ0n) is 15.6. The lowest BCUT2D eigenvalue weighted by atomic mass is 9.87. The van der Waals surface area contributed by atoms with E-state index in [1.165, 1.54) is 23.0 Å². The Kier molecular flexibility index (Phi) is 4.57. The average molecular weight is 433 g/mol. The topological polar surface area (TPSA) is 140 Å². The third-order valence-corrected chi connectivity index (χ3v) is 5.02. The summed E-state index contributed by atoms with van der Waals surface area (Å²) in [7, 11) is 0. The fourth-order valence-electron chi connectivity index (χ4n) is 3.59. The van der Waals surface area contributed by atoms with Crippen molar-refractivity contribution < 1.29 is 23.1 Å². The molecular formula is C18H14F3N7O3. The second-order valence-corrected chi connectivity index (χ2v) is 7.08. The lowest BCUT2D eigenvalue weighted by molar-refractivity contribution is -0.141. The van der Waals surface area contributed by atoms with E-state index in [9.17, 15) is 33.1 Å². The van der Waals surface area contributed by atoms with Crippen LogP contribution in [-0.4, -0.2) is 48.9 Å². The van der Waals surface area contributed by atoms with Crippen molar-refractivity contribution in [3.05, 3.63) is 46.6 Å². The molecule has 4 rings (SSSR count). The predicted octanol–water partition coefficient (Wildman–Crippen LogP) is 2.48. The molecular weight excluding hydrogens is 419 g/mol. The predicted molar refractivity (Wildman–Crippen MR) is 101 cm³/mol. The highest BCUT2D eigenvalue weighted by Crippen LogP contribution is 2.37. The molecule has 1 fully saturated rings. The van der Waals surface area contributed by atoms with Crippen molar-refractivity contribution in [2.24, 2.45) is 0 Å². The lowest BCUT2D eigenvalue weighted by Gasteiger charge is -2.47. The highest BCUT2D eigenvalue weighted by atomic mass is 19.4. The lowest BCUT2D eigenvalue weighted by Crippen LogP contribution is -2.64. The summed E-state index contributed by atoms with van der Waals surface area (Å²) in [4.78, 5) is 30.6. The van der Waals surface area contributed by atoms with E-state index in [0.29, 0.717) is 5.52 Å². The fraction of sp³-hybridized carbons (Fsp3) is 0.278. The Morgan fingerprint density at radius 3 is 2.77 bits per heavy atom. The van der Waals surface area contributed by atoms with E-state index in [4.69, 9.17) is 0 Å². The summed E-state index contributed by atoms with van der Waals surface area (Å²) in [6, 6.07) is 5.61. The van der Waals surface area contributed by atoms with Gasteiger partial charge in [-0.15, -0.1) is 0 Å². The number of nitrogens with one attached hydrogen (secondary N) is 2. The standard InChI is InChI=1S/C18H14F3N7O3/c19-18(20,21)12-7-10(1-5-23-12)25-14-13-11(2-6-24-15(13)29)28(26-14)17(3-4-22)8-27(9-17)16(30)31/h1-2,5-7H,3,8-9H2,(H,24,29)(H,30,31)(H,23,25,26). The van der Waals surface area contributed by atoms with E-state index < -0.39 is 29.1 Å². The molecule has 0 unspecified atom stereocenters. The number of pyridine rings is 2. The molecule has 0 aromatic carbocycles. The summed E-state index contributed by atoms with van der Waals surface area (Å²) in [6.45, 7) is -0.0429. The van der Waals surface area contributed by atoms with Gasteiger partial charge in [0.05, 0.1) is 31.1 Å². The molecule has 0 bridgehead atoms. The van der Waals surface area contributed by atoms with Crippen molar-refractivity contribution >= 4 is 28.5 Å². The summed E-state index contributed by atoms with van der Waals surface area (Å²) in [6.07, 6.45) is -3.54. The Morgan fingerprint density at radius 1 is 1.39 bits per heavy atom. The second-order valence-electron chi connectivity index (χ2n) is 7.08. The molecule has 3 aromatic heterocycles. The summed E-state index contributed by atoms with van der Waals surface area (Å²) in [5.41, 5.74) is -2.34. The van der Waals surface area contributed by atoms with E-state index in [1.54, 1.807) is 0 Å². The van der Waals surface area contributed by atoms with Crippen LogP contribution >= 0.6 is 0 Å². The maximum Gasteiger partial charge on any atom is 0.433 e. The Hall–Kier alpha value is -4.08. The number of carbonyl (C=O) groups is 1. The van der Waals surface area contributed by atoms with E-state index in [0.717, 1.165) is 17.2 Å². The molecule has 4 heterocycles. The molecule has 0 atom stereocenters. The number of aromatic amines is 1. The number of hydrogen-bond acceptors (Lipinski definition) is 6. The van der Waals surface area contributed by atoms with E-state index in [2.05, 4.69) is 20.4 Å². The molecule has 0 saturated carbocycles. The second kappa shape index (κ2) is 7.01. The Morgan fingerprint density at radius 2 is 2.13 bits per heavy atom. The molecule has 13 heteroatoms. The van der Waals surface area contributed by atoms with Crippen LogP contribution in [0.3, 0.4) is 0 Å². The molecule has 0 spiro atoms. The van der Waals surface area contributed by atoms with Gasteiger partial charge in [0.15, 0.2) is 5.82 Å². The quantitative estimate of drug-likeness (QED) is 0.574. The van der Waals surface area contributed by atoms with Gasteiger partial charge in [-0.1, -0.05) is 0 Å². The average Bonchev–Trinajstić information content (AvgIpc) is 3.03. The van der Waals surface area contributed by atoms with Crippen molar-refractivity contribution in [2.75, 3.05) is 18.4 Å². The van der Waals surface area contributed by atoms with Gasteiger partial charge in [0, 0.05) is 18.1 Å². The fourth-order valence-corrected chi connectivity index (χ4v) is 3.59. The third-order valence-electron chi connectivity index (χ3n) is 5.02. The molecule has 3 aromatic rings. The van der Waals surface area contributed by atoms with Crippen molar-refractivity contribution in [1.82, 2.24) is 24.6 Å². The first-order chi connectivity index (χ1) is 14.6. The summed E-state index contributed by atoms with van der Waals surface area (Å²) < 4.78 is 40.3. The Balaban J connectivity index is 1.81. The number of hydrogen-bond donors (Lipinski definition) is 3. The number of fused-ring (bicyclic) bond motifs is 1. The minimum Gasteiger partial charge on any atom is -0.465 e. The van der Waals surface area contributed by atoms with Gasteiger partial charge < -0.3 is 20.3 Å². The van der Waals surface area contributed by atoms with Crippen molar-refractivity contribution in [3.63, 3.8) is 0 Å². The molecule has 0 aliphatic carbocycles. The highest BCUT2D eigenvalue weighted by Gasteiger charge is 2.49. The number of aromatic nitrogens is 4. The Bertz CT molecular complexity index is 1270. The van der Waals surface area contributed by atoms with Crippen molar-refractivity contribution in [3.8, 4) is 6.07 Å². The highest BCUT2D eigenvalue weighted by molar-refractivity contribution is 5.91. The molecule has 1 amide bonds. The SMILES string of the molecule is N#CCC1(n2nc(Nc3ccnc(C(F)(F)F)c3)c3c(=O)[nH]ccc32)CN(C(=O)O)C1. The van der Waals surface area contributed by atoms with Crippen LogP contribution in [0.4, 0.5) is 29.5 Å².